The largest absolute Gasteiger partial charge is 0.507 e. The average Bonchev–Trinajstić information content (AvgIpc) is 2.86. The van der Waals surface area contributed by atoms with Crippen LogP contribution in [0, 0.1) is 13.8 Å². The highest BCUT2D eigenvalue weighted by Gasteiger charge is 2.22. The Bertz CT molecular complexity index is 827. The highest BCUT2D eigenvalue weighted by Crippen LogP contribution is 2.32. The third-order valence-corrected chi connectivity index (χ3v) is 4.61. The first-order chi connectivity index (χ1) is 11.8. The van der Waals surface area contributed by atoms with Crippen molar-refractivity contribution in [3.8, 4) is 5.75 Å². The number of hydrogen-bond acceptors (Lipinski definition) is 7. The average molecular weight is 363 g/mol. The molecule has 0 spiro atoms. The summed E-state index contributed by atoms with van der Waals surface area (Å²) in [6.07, 6.45) is 0. The lowest BCUT2D eigenvalue weighted by Gasteiger charge is -2.08. The lowest BCUT2D eigenvalue weighted by Crippen LogP contribution is -2.21. The lowest BCUT2D eigenvalue weighted by molar-refractivity contribution is -0.119. The number of aromatic hydroxyl groups is 1. The number of esters is 2. The van der Waals surface area contributed by atoms with E-state index in [1.807, 2.05) is 6.92 Å². The number of thiophene rings is 1. The number of methoxy groups -OCH3 is 1. The summed E-state index contributed by atoms with van der Waals surface area (Å²) in [5.74, 6) is -2.20. The zero-order chi connectivity index (χ0) is 18.6. The molecule has 132 valence electrons. The smallest absolute Gasteiger partial charge is 0.342 e. The Morgan fingerprint density at radius 1 is 1.16 bits per heavy atom. The summed E-state index contributed by atoms with van der Waals surface area (Å²) in [7, 11) is 1.26. The predicted molar refractivity (Wildman–Crippen MR) is 92.2 cm³/mol. The van der Waals surface area contributed by atoms with E-state index in [9.17, 15) is 19.5 Å². The minimum Gasteiger partial charge on any atom is -0.507 e. The second-order valence-corrected chi connectivity index (χ2v) is 6.35. The number of para-hydroxylation sites is 1. The molecule has 0 saturated carbocycles. The van der Waals surface area contributed by atoms with Gasteiger partial charge < -0.3 is 19.9 Å². The molecule has 1 aromatic carbocycles. The first-order valence-corrected chi connectivity index (χ1v) is 8.10. The number of ether oxygens (including phenoxy) is 2. The van der Waals surface area contributed by atoms with E-state index < -0.39 is 24.5 Å². The number of amides is 1. The molecule has 0 bridgehead atoms. The number of rotatable bonds is 5. The van der Waals surface area contributed by atoms with Gasteiger partial charge in [-0.15, -0.1) is 11.3 Å². The molecule has 0 aliphatic rings. The van der Waals surface area contributed by atoms with Gasteiger partial charge in [-0.2, -0.15) is 0 Å². The third kappa shape index (κ3) is 4.16. The third-order valence-electron chi connectivity index (χ3n) is 3.49. The molecule has 0 aliphatic carbocycles. The van der Waals surface area contributed by atoms with Crippen LogP contribution < -0.4 is 5.32 Å². The van der Waals surface area contributed by atoms with Crippen molar-refractivity contribution in [2.45, 2.75) is 13.8 Å². The summed E-state index contributed by atoms with van der Waals surface area (Å²) in [6, 6.07) is 5.86. The number of anilines is 1. The fourth-order valence-corrected chi connectivity index (χ4v) is 3.15. The van der Waals surface area contributed by atoms with E-state index in [-0.39, 0.29) is 16.9 Å². The van der Waals surface area contributed by atoms with Gasteiger partial charge in [0.05, 0.1) is 12.7 Å². The minimum atomic E-state index is -0.819. The van der Waals surface area contributed by atoms with Crippen molar-refractivity contribution < 1.29 is 29.0 Å². The van der Waals surface area contributed by atoms with E-state index >= 15 is 0 Å². The maximum Gasteiger partial charge on any atom is 0.342 e. The van der Waals surface area contributed by atoms with Crippen LogP contribution in [0.4, 0.5) is 5.00 Å². The molecule has 1 aromatic heterocycles. The van der Waals surface area contributed by atoms with E-state index in [1.54, 1.807) is 19.1 Å². The van der Waals surface area contributed by atoms with Crippen LogP contribution in [0.3, 0.4) is 0 Å². The number of hydrogen-bond donors (Lipinski definition) is 2. The van der Waals surface area contributed by atoms with Crippen LogP contribution in [0.5, 0.6) is 5.75 Å². The fraction of sp³-hybridized carbons (Fsp3) is 0.235. The molecular weight excluding hydrogens is 346 g/mol. The topological polar surface area (TPSA) is 102 Å². The molecule has 0 atom stereocenters. The summed E-state index contributed by atoms with van der Waals surface area (Å²) in [6.45, 7) is 3.02. The molecule has 1 amide bonds. The molecule has 0 aliphatic heterocycles. The number of aryl methyl sites for hydroxylation is 1. The van der Waals surface area contributed by atoms with E-state index in [0.29, 0.717) is 5.00 Å². The Kier molecular flexibility index (Phi) is 5.76. The Hall–Kier alpha value is -2.87. The number of phenolic OH excluding ortho intramolecular Hbond substituents is 1. The molecule has 1 heterocycles. The van der Waals surface area contributed by atoms with Gasteiger partial charge in [0.1, 0.15) is 16.3 Å². The summed E-state index contributed by atoms with van der Waals surface area (Å²) >= 11 is 1.23. The Morgan fingerprint density at radius 2 is 1.84 bits per heavy atom. The second-order valence-electron chi connectivity index (χ2n) is 5.12. The molecule has 0 saturated heterocycles. The molecular formula is C17H17NO6S. The van der Waals surface area contributed by atoms with Crippen molar-refractivity contribution in [3.05, 3.63) is 45.8 Å². The van der Waals surface area contributed by atoms with E-state index in [0.717, 1.165) is 10.4 Å². The van der Waals surface area contributed by atoms with Gasteiger partial charge >= 0.3 is 11.9 Å². The number of carbonyl (C=O) groups is 3. The van der Waals surface area contributed by atoms with Gasteiger partial charge in [0, 0.05) is 4.88 Å². The van der Waals surface area contributed by atoms with E-state index in [1.165, 1.54) is 30.6 Å². The van der Waals surface area contributed by atoms with Crippen molar-refractivity contribution >= 4 is 34.2 Å². The van der Waals surface area contributed by atoms with Crippen LogP contribution in [0.25, 0.3) is 0 Å². The highest BCUT2D eigenvalue weighted by molar-refractivity contribution is 7.16. The van der Waals surface area contributed by atoms with Crippen LogP contribution in [0.2, 0.25) is 0 Å². The predicted octanol–water partition coefficient (Wildman–Crippen LogP) is 2.65. The van der Waals surface area contributed by atoms with Crippen LogP contribution in [0.15, 0.2) is 24.3 Å². The molecule has 0 unspecified atom stereocenters. The quantitative estimate of drug-likeness (QED) is 0.792. The summed E-state index contributed by atoms with van der Waals surface area (Å²) in [4.78, 5) is 36.6. The maximum absolute atomic E-state index is 12.0. The molecule has 25 heavy (non-hydrogen) atoms. The number of phenols is 1. The molecule has 8 heteroatoms. The first-order valence-electron chi connectivity index (χ1n) is 7.28. The first kappa shape index (κ1) is 18.5. The van der Waals surface area contributed by atoms with E-state index in [2.05, 4.69) is 5.32 Å². The molecule has 2 aromatic rings. The van der Waals surface area contributed by atoms with Crippen molar-refractivity contribution in [1.82, 2.24) is 0 Å². The second kappa shape index (κ2) is 7.80. The van der Waals surface area contributed by atoms with Gasteiger partial charge in [0.15, 0.2) is 6.61 Å². The Balaban J connectivity index is 2.04. The number of benzene rings is 1. The summed E-state index contributed by atoms with van der Waals surface area (Å²) in [5.41, 5.74) is 0.970. The van der Waals surface area contributed by atoms with Crippen molar-refractivity contribution in [2.24, 2.45) is 0 Å². The van der Waals surface area contributed by atoms with Crippen LogP contribution in [0.1, 0.15) is 31.2 Å². The molecule has 2 N–H and O–H groups in total. The normalized spacial score (nSPS) is 10.2. The van der Waals surface area contributed by atoms with Crippen molar-refractivity contribution in [1.29, 1.82) is 0 Å². The van der Waals surface area contributed by atoms with Gasteiger partial charge in [0.25, 0.3) is 5.91 Å². The van der Waals surface area contributed by atoms with E-state index in [4.69, 9.17) is 9.47 Å². The van der Waals surface area contributed by atoms with Crippen LogP contribution in [-0.4, -0.2) is 36.7 Å². The molecule has 2 rings (SSSR count). The van der Waals surface area contributed by atoms with Gasteiger partial charge in [0.2, 0.25) is 0 Å². The van der Waals surface area contributed by atoms with Crippen molar-refractivity contribution in [2.75, 3.05) is 19.0 Å². The lowest BCUT2D eigenvalue weighted by atomic mass is 10.1. The van der Waals surface area contributed by atoms with Crippen LogP contribution >= 0.6 is 11.3 Å². The molecule has 0 radical (unpaired) electrons. The number of nitrogens with one attached hydrogen (secondary N) is 1. The Labute approximate surface area is 148 Å². The van der Waals surface area contributed by atoms with Crippen molar-refractivity contribution in [3.63, 3.8) is 0 Å². The van der Waals surface area contributed by atoms with Gasteiger partial charge in [-0.1, -0.05) is 12.1 Å². The summed E-state index contributed by atoms with van der Waals surface area (Å²) in [5, 5.41) is 12.5. The zero-order valence-corrected chi connectivity index (χ0v) is 14.7. The monoisotopic (exact) mass is 363 g/mol. The maximum atomic E-state index is 12.0. The number of carbonyl (C=O) groups excluding carboxylic acids is 3. The molecule has 0 fully saturated rings. The van der Waals surface area contributed by atoms with Gasteiger partial charge in [-0.05, 0) is 31.5 Å². The SMILES string of the molecule is COC(=O)c1c(NC(=O)COC(=O)c2ccccc2O)sc(C)c1C. The van der Waals surface area contributed by atoms with Gasteiger partial charge in [-0.3, -0.25) is 4.79 Å². The Morgan fingerprint density at radius 3 is 2.48 bits per heavy atom. The van der Waals surface area contributed by atoms with Gasteiger partial charge in [-0.25, -0.2) is 9.59 Å². The highest BCUT2D eigenvalue weighted by atomic mass is 32.1. The zero-order valence-electron chi connectivity index (χ0n) is 13.9. The standard InChI is InChI=1S/C17H17NO6S/c1-9-10(2)25-15(14(9)17(22)23-3)18-13(20)8-24-16(21)11-6-4-5-7-12(11)19/h4-7,19H,8H2,1-3H3,(H,18,20). The fourth-order valence-electron chi connectivity index (χ4n) is 2.08. The van der Waals surface area contributed by atoms with Crippen LogP contribution in [-0.2, 0) is 14.3 Å². The molecule has 7 nitrogen and oxygen atoms in total. The summed E-state index contributed by atoms with van der Waals surface area (Å²) < 4.78 is 9.61. The minimum absolute atomic E-state index is 0.0339.